The molecule has 0 aromatic heterocycles. The van der Waals surface area contributed by atoms with E-state index in [0.717, 1.165) is 23.7 Å². The van der Waals surface area contributed by atoms with Crippen LogP contribution < -0.4 is 0 Å². The zero-order valence-corrected chi connectivity index (χ0v) is 22.3. The molecule has 0 nitrogen and oxygen atoms in total. The Morgan fingerprint density at radius 2 is 0.615 bits per heavy atom. The van der Waals surface area contributed by atoms with E-state index in [0.29, 0.717) is 0 Å². The zero-order valence-electron chi connectivity index (χ0n) is 19.9. The molecule has 0 amide bonds. The molecule has 0 aliphatic heterocycles. The highest BCUT2D eigenvalue weighted by Gasteiger charge is 2.20. The summed E-state index contributed by atoms with van der Waals surface area (Å²) >= 11 is -0.902. The lowest BCUT2D eigenvalue weighted by Gasteiger charge is -2.17. The van der Waals surface area contributed by atoms with Gasteiger partial charge in [0.15, 0.2) is 0 Å². The summed E-state index contributed by atoms with van der Waals surface area (Å²) in [6.07, 6.45) is 9.11. The summed E-state index contributed by atoms with van der Waals surface area (Å²) in [5, 5.41) is 9.56. The fraction of sp³-hybridized carbons (Fsp3) is 1.00. The predicted molar refractivity (Wildman–Crippen MR) is 127 cm³/mol. The van der Waals surface area contributed by atoms with Gasteiger partial charge in [0, 0.05) is 0 Å². The molecule has 0 radical (unpaired) electrons. The van der Waals surface area contributed by atoms with Crippen molar-refractivity contribution in [3.8, 4) is 0 Å². The van der Waals surface area contributed by atoms with Crippen molar-refractivity contribution < 1.29 is 0 Å². The van der Waals surface area contributed by atoms with Gasteiger partial charge in [-0.1, -0.05) is 149 Å². The summed E-state index contributed by atoms with van der Waals surface area (Å²) in [7, 11) is 0. The van der Waals surface area contributed by atoms with Gasteiger partial charge in [0.2, 0.25) is 0 Å². The van der Waals surface area contributed by atoms with Gasteiger partial charge in [0.05, 0.1) is 0 Å². The van der Waals surface area contributed by atoms with Crippen molar-refractivity contribution in [3.05, 3.63) is 0 Å². The minimum atomic E-state index is -0.451. The largest absolute Gasteiger partial charge is 0.262 e. The van der Waals surface area contributed by atoms with Crippen LogP contribution in [0.2, 0.25) is 31.7 Å². The van der Waals surface area contributed by atoms with E-state index in [1.54, 1.807) is 31.7 Å². The molecular formula is C24H52Al2. The molecule has 0 aromatic rings. The van der Waals surface area contributed by atoms with E-state index < -0.39 is 28.3 Å². The van der Waals surface area contributed by atoms with Crippen LogP contribution in [0.4, 0.5) is 0 Å². The van der Waals surface area contributed by atoms with Crippen LogP contribution in [0, 0.1) is 23.7 Å². The fourth-order valence-electron chi connectivity index (χ4n) is 4.90. The first kappa shape index (κ1) is 27.1. The first-order chi connectivity index (χ1) is 12.2. The lowest BCUT2D eigenvalue weighted by atomic mass is 10.1. The average Bonchev–Trinajstić information content (AvgIpc) is 2.47. The Morgan fingerprint density at radius 1 is 0.385 bits per heavy atom. The summed E-state index contributed by atoms with van der Waals surface area (Å²) < 4.78 is 0. The van der Waals surface area contributed by atoms with Gasteiger partial charge < -0.3 is 0 Å². The number of rotatable bonds is 17. The summed E-state index contributed by atoms with van der Waals surface area (Å²) in [6.45, 7) is 19.4. The van der Waals surface area contributed by atoms with Crippen molar-refractivity contribution in [2.24, 2.45) is 23.7 Å². The van der Waals surface area contributed by atoms with Crippen LogP contribution in [0.15, 0.2) is 0 Å². The summed E-state index contributed by atoms with van der Waals surface area (Å²) in [5.74, 6) is 3.72. The van der Waals surface area contributed by atoms with E-state index in [2.05, 4.69) is 55.4 Å². The molecule has 0 N–H and O–H groups in total. The quantitative estimate of drug-likeness (QED) is 0.170. The molecule has 0 aromatic carbocycles. The summed E-state index contributed by atoms with van der Waals surface area (Å²) in [6, 6.07) is 0. The minimum Gasteiger partial charge on any atom is -0.0938 e. The molecule has 0 aliphatic rings. The second-order valence-electron chi connectivity index (χ2n) is 10.9. The van der Waals surface area contributed by atoms with Gasteiger partial charge in [-0.05, 0) is 0 Å². The topological polar surface area (TPSA) is 0 Å². The van der Waals surface area contributed by atoms with Crippen molar-refractivity contribution in [1.29, 1.82) is 0 Å². The Hall–Kier alpha value is 1.06. The maximum absolute atomic E-state index is 2.43. The summed E-state index contributed by atoms with van der Waals surface area (Å²) in [4.78, 5) is 0. The average molecular weight is 395 g/mol. The molecule has 154 valence electrons. The lowest BCUT2D eigenvalue weighted by Crippen LogP contribution is -2.17. The highest BCUT2D eigenvalue weighted by Crippen LogP contribution is 2.22. The van der Waals surface area contributed by atoms with E-state index in [-0.39, 0.29) is 0 Å². The number of unbranched alkanes of at least 4 members (excludes halogenated alkanes) is 5. The smallest absolute Gasteiger partial charge is 0.0938 e. The maximum Gasteiger partial charge on any atom is 0.262 e. The molecule has 0 saturated carbocycles. The van der Waals surface area contributed by atoms with Gasteiger partial charge in [-0.15, -0.1) is 0 Å². The van der Waals surface area contributed by atoms with Crippen LogP contribution in [-0.4, -0.2) is 28.3 Å². The normalized spacial score (nSPS) is 12.0. The highest BCUT2D eigenvalue weighted by atomic mass is 27.2. The molecule has 0 atom stereocenters. The molecule has 0 bridgehead atoms. The van der Waals surface area contributed by atoms with Gasteiger partial charge in [-0.25, -0.2) is 0 Å². The Bertz CT molecular complexity index is 247. The standard InChI is InChI=1S/C8H16.4C4H9.2Al/c1-3-5-7-8-6-4-2;4*1-4(2)3;;/h1-8H2;4*4H,1H2,2-3H3;;. The lowest BCUT2D eigenvalue weighted by molar-refractivity contribution is 0.613. The Morgan fingerprint density at radius 3 is 0.846 bits per heavy atom. The Balaban J connectivity index is 3.77. The van der Waals surface area contributed by atoms with Crippen LogP contribution in [0.1, 0.15) is 93.9 Å². The number of hydrogen-bond donors (Lipinski definition) is 0. The SMILES string of the molecule is CC(C)[CH2][Al]([CH2]CCCCCC[CH2][Al]([CH2]C(C)C)[CH2]C(C)C)[CH2]C(C)C. The van der Waals surface area contributed by atoms with E-state index >= 15 is 0 Å². The molecule has 0 heterocycles. The monoisotopic (exact) mass is 394 g/mol. The zero-order chi connectivity index (χ0) is 19.9. The third-order valence-electron chi connectivity index (χ3n) is 5.69. The van der Waals surface area contributed by atoms with Crippen molar-refractivity contribution in [1.82, 2.24) is 0 Å². The Labute approximate surface area is 177 Å². The van der Waals surface area contributed by atoms with E-state index in [1.807, 2.05) is 0 Å². The first-order valence-corrected chi connectivity index (χ1v) is 17.1. The van der Waals surface area contributed by atoms with Crippen molar-refractivity contribution in [3.63, 3.8) is 0 Å². The van der Waals surface area contributed by atoms with Gasteiger partial charge >= 0.3 is 0 Å². The predicted octanol–water partition coefficient (Wildman–Crippen LogP) is 8.94. The number of hydrogen-bond acceptors (Lipinski definition) is 0. The van der Waals surface area contributed by atoms with Crippen LogP contribution >= 0.6 is 0 Å². The highest BCUT2D eigenvalue weighted by molar-refractivity contribution is 6.59. The van der Waals surface area contributed by atoms with Crippen molar-refractivity contribution in [2.45, 2.75) is 126 Å². The molecule has 0 unspecified atom stereocenters. The van der Waals surface area contributed by atoms with Gasteiger partial charge in [-0.3, -0.25) is 0 Å². The van der Waals surface area contributed by atoms with Crippen LogP contribution in [-0.2, 0) is 0 Å². The second-order valence-corrected chi connectivity index (χ2v) is 17.5. The first-order valence-electron chi connectivity index (χ1n) is 12.2. The molecule has 0 spiro atoms. The third kappa shape index (κ3) is 18.4. The molecule has 0 aliphatic carbocycles. The molecule has 0 rings (SSSR count). The van der Waals surface area contributed by atoms with E-state index in [1.165, 1.54) is 38.5 Å². The van der Waals surface area contributed by atoms with Gasteiger partial charge in [0.25, 0.3) is 28.3 Å². The second kappa shape index (κ2) is 17.0. The van der Waals surface area contributed by atoms with Gasteiger partial charge in [0.1, 0.15) is 0 Å². The Kier molecular flexibility index (Phi) is 17.7. The van der Waals surface area contributed by atoms with E-state index in [9.17, 15) is 0 Å². The van der Waals surface area contributed by atoms with Crippen LogP contribution in [0.3, 0.4) is 0 Å². The van der Waals surface area contributed by atoms with Crippen molar-refractivity contribution >= 4 is 28.3 Å². The summed E-state index contributed by atoms with van der Waals surface area (Å²) in [5.41, 5.74) is 0. The molecule has 2 heteroatoms. The minimum absolute atomic E-state index is 0.451. The fourth-order valence-corrected chi connectivity index (χ4v) is 13.3. The third-order valence-corrected chi connectivity index (χ3v) is 14.6. The molecule has 26 heavy (non-hydrogen) atoms. The van der Waals surface area contributed by atoms with E-state index in [4.69, 9.17) is 0 Å². The van der Waals surface area contributed by atoms with Gasteiger partial charge in [-0.2, -0.15) is 0 Å². The van der Waals surface area contributed by atoms with Crippen LogP contribution in [0.25, 0.3) is 0 Å². The molecule has 0 fully saturated rings. The molecular weight excluding hydrogens is 342 g/mol. The van der Waals surface area contributed by atoms with Crippen molar-refractivity contribution in [2.75, 3.05) is 0 Å². The maximum atomic E-state index is 2.43. The van der Waals surface area contributed by atoms with Crippen LogP contribution in [0.5, 0.6) is 0 Å². The molecule has 0 saturated heterocycles.